The van der Waals surface area contributed by atoms with E-state index in [0.29, 0.717) is 0 Å². The standard InChI is InChI=1S/C18H27NO6S/c1-7-26-14-9(2)12-11(10(3)20)15(21)19(12)13(14)16(22)24-8-25-17(23)18(4,5)6/h9-12,20H,7-8H2,1-6H3/t9?,10?,11?,12-/m1/s1. The van der Waals surface area contributed by atoms with Crippen molar-refractivity contribution >= 4 is 29.6 Å². The Kier molecular flexibility index (Phi) is 6.07. The molecule has 0 spiro atoms. The van der Waals surface area contributed by atoms with E-state index in [2.05, 4.69) is 0 Å². The molecule has 146 valence electrons. The van der Waals surface area contributed by atoms with Gasteiger partial charge in [0, 0.05) is 10.8 Å². The lowest BCUT2D eigenvalue weighted by molar-refractivity contribution is -0.175. The Hall–Kier alpha value is -1.54. The number of amides is 1. The molecule has 0 radical (unpaired) electrons. The van der Waals surface area contributed by atoms with Crippen LogP contribution in [0.1, 0.15) is 41.5 Å². The Morgan fingerprint density at radius 2 is 1.92 bits per heavy atom. The number of esters is 2. The summed E-state index contributed by atoms with van der Waals surface area (Å²) in [5.41, 5.74) is -0.483. The first-order chi connectivity index (χ1) is 12.0. The maximum atomic E-state index is 12.6. The number of thioether (sulfide) groups is 1. The highest BCUT2D eigenvalue weighted by atomic mass is 32.2. The third-order valence-electron chi connectivity index (χ3n) is 4.59. The zero-order valence-electron chi connectivity index (χ0n) is 16.1. The Balaban J connectivity index is 2.13. The lowest BCUT2D eigenvalue weighted by atomic mass is 9.79. The molecule has 4 atom stereocenters. The molecule has 0 aliphatic carbocycles. The zero-order valence-corrected chi connectivity index (χ0v) is 16.9. The Labute approximate surface area is 158 Å². The van der Waals surface area contributed by atoms with Gasteiger partial charge in [-0.3, -0.25) is 9.59 Å². The van der Waals surface area contributed by atoms with Crippen LogP contribution >= 0.6 is 11.8 Å². The lowest BCUT2D eigenvalue weighted by Crippen LogP contribution is -2.63. The fraction of sp³-hybridized carbons (Fsp3) is 0.722. The summed E-state index contributed by atoms with van der Waals surface area (Å²) in [5.74, 6) is -1.27. The third-order valence-corrected chi connectivity index (χ3v) is 5.76. The van der Waals surface area contributed by atoms with E-state index in [-0.39, 0.29) is 23.6 Å². The maximum absolute atomic E-state index is 12.6. The quantitative estimate of drug-likeness (QED) is 0.424. The van der Waals surface area contributed by atoms with Gasteiger partial charge in [-0.2, -0.15) is 0 Å². The van der Waals surface area contributed by atoms with Crippen LogP contribution in [0.5, 0.6) is 0 Å². The molecule has 1 N–H and O–H groups in total. The first-order valence-corrected chi connectivity index (χ1v) is 9.73. The second-order valence-corrected chi connectivity index (χ2v) is 8.94. The molecule has 1 fully saturated rings. The van der Waals surface area contributed by atoms with Gasteiger partial charge in [-0.05, 0) is 33.4 Å². The predicted octanol–water partition coefficient (Wildman–Crippen LogP) is 1.90. The summed E-state index contributed by atoms with van der Waals surface area (Å²) in [4.78, 5) is 39.0. The fourth-order valence-corrected chi connectivity index (χ4v) is 4.31. The van der Waals surface area contributed by atoms with Crippen molar-refractivity contribution in [2.24, 2.45) is 17.3 Å². The van der Waals surface area contributed by atoms with Crippen LogP contribution in [0.3, 0.4) is 0 Å². The van der Waals surface area contributed by atoms with E-state index < -0.39 is 36.2 Å². The summed E-state index contributed by atoms with van der Waals surface area (Å²) >= 11 is 1.49. The fourth-order valence-electron chi connectivity index (χ4n) is 3.28. The van der Waals surface area contributed by atoms with Crippen LogP contribution in [-0.4, -0.2) is 52.5 Å². The molecule has 0 aromatic carbocycles. The molecule has 8 heteroatoms. The van der Waals surface area contributed by atoms with E-state index in [4.69, 9.17) is 9.47 Å². The van der Waals surface area contributed by atoms with Crippen LogP contribution in [0.2, 0.25) is 0 Å². The van der Waals surface area contributed by atoms with Crippen LogP contribution < -0.4 is 0 Å². The molecule has 3 unspecified atom stereocenters. The second-order valence-electron chi connectivity index (χ2n) is 7.63. The van der Waals surface area contributed by atoms with Gasteiger partial charge in [0.15, 0.2) is 0 Å². The number of hydrogen-bond donors (Lipinski definition) is 1. The van der Waals surface area contributed by atoms with E-state index in [1.165, 1.54) is 16.7 Å². The second kappa shape index (κ2) is 7.60. The van der Waals surface area contributed by atoms with Crippen molar-refractivity contribution in [3.05, 3.63) is 10.6 Å². The van der Waals surface area contributed by atoms with Crippen molar-refractivity contribution in [2.75, 3.05) is 12.5 Å². The van der Waals surface area contributed by atoms with E-state index >= 15 is 0 Å². The van der Waals surface area contributed by atoms with Gasteiger partial charge in [0.25, 0.3) is 0 Å². The van der Waals surface area contributed by atoms with Crippen LogP contribution in [0.25, 0.3) is 0 Å². The molecule has 2 rings (SSSR count). The minimum absolute atomic E-state index is 0.0584. The topological polar surface area (TPSA) is 93.1 Å². The van der Waals surface area contributed by atoms with Gasteiger partial charge in [0.1, 0.15) is 5.70 Å². The number of β-lactam (4-membered cyclic amide) rings is 1. The highest BCUT2D eigenvalue weighted by Gasteiger charge is 2.60. The molecule has 26 heavy (non-hydrogen) atoms. The number of aliphatic hydroxyl groups excluding tert-OH is 1. The molecule has 2 heterocycles. The minimum atomic E-state index is -0.776. The Morgan fingerprint density at radius 3 is 2.42 bits per heavy atom. The number of carbonyl (C=O) groups excluding carboxylic acids is 3. The van der Waals surface area contributed by atoms with E-state index in [9.17, 15) is 19.5 Å². The number of nitrogens with zero attached hydrogens (tertiary/aromatic N) is 1. The number of aliphatic hydroxyl groups is 1. The van der Waals surface area contributed by atoms with Crippen LogP contribution in [0.4, 0.5) is 0 Å². The van der Waals surface area contributed by atoms with Gasteiger partial charge in [0.05, 0.1) is 23.5 Å². The van der Waals surface area contributed by atoms with Crippen molar-refractivity contribution in [3.8, 4) is 0 Å². The minimum Gasteiger partial charge on any atom is -0.427 e. The monoisotopic (exact) mass is 385 g/mol. The summed E-state index contributed by atoms with van der Waals surface area (Å²) in [6.45, 7) is 10.1. The maximum Gasteiger partial charge on any atom is 0.358 e. The molecule has 1 saturated heterocycles. The first-order valence-electron chi connectivity index (χ1n) is 8.74. The normalized spacial score (nSPS) is 26.3. The Bertz CT molecular complexity index is 636. The number of ether oxygens (including phenoxy) is 2. The van der Waals surface area contributed by atoms with E-state index in [0.717, 1.165) is 10.7 Å². The van der Waals surface area contributed by atoms with Crippen molar-refractivity contribution in [1.82, 2.24) is 4.90 Å². The molecular formula is C18H27NO6S. The number of hydrogen-bond acceptors (Lipinski definition) is 7. The lowest BCUT2D eigenvalue weighted by Gasteiger charge is -2.46. The average molecular weight is 385 g/mol. The predicted molar refractivity (Wildman–Crippen MR) is 96.6 cm³/mol. The van der Waals surface area contributed by atoms with Gasteiger partial charge in [-0.1, -0.05) is 13.8 Å². The van der Waals surface area contributed by atoms with E-state index in [1.807, 2.05) is 13.8 Å². The summed E-state index contributed by atoms with van der Waals surface area (Å²) in [6.07, 6.45) is -0.776. The van der Waals surface area contributed by atoms with Gasteiger partial charge in [-0.15, -0.1) is 11.8 Å². The smallest absolute Gasteiger partial charge is 0.358 e. The van der Waals surface area contributed by atoms with E-state index in [1.54, 1.807) is 27.7 Å². The molecule has 1 amide bonds. The van der Waals surface area contributed by atoms with Gasteiger partial charge in [0.2, 0.25) is 12.7 Å². The summed E-state index contributed by atoms with van der Waals surface area (Å²) < 4.78 is 10.1. The summed E-state index contributed by atoms with van der Waals surface area (Å²) in [5, 5.41) is 9.88. The number of rotatable bonds is 6. The van der Waals surface area contributed by atoms with Gasteiger partial charge < -0.3 is 19.5 Å². The molecule has 7 nitrogen and oxygen atoms in total. The van der Waals surface area contributed by atoms with Gasteiger partial charge in [-0.25, -0.2) is 4.79 Å². The molecule has 0 aromatic rings. The zero-order chi connectivity index (χ0) is 19.8. The van der Waals surface area contributed by atoms with Crippen molar-refractivity contribution < 1.29 is 29.0 Å². The molecule has 0 aromatic heterocycles. The highest BCUT2D eigenvalue weighted by Crippen LogP contribution is 2.50. The first kappa shape index (κ1) is 20.8. The molecule has 2 aliphatic heterocycles. The summed E-state index contributed by atoms with van der Waals surface area (Å²) in [6, 6.07) is -0.240. The molecular weight excluding hydrogens is 358 g/mol. The van der Waals surface area contributed by atoms with Crippen molar-refractivity contribution in [3.63, 3.8) is 0 Å². The third kappa shape index (κ3) is 3.62. The number of carbonyl (C=O) groups is 3. The number of fused-ring (bicyclic) bond motifs is 1. The van der Waals surface area contributed by atoms with Crippen LogP contribution in [0, 0.1) is 17.3 Å². The van der Waals surface area contributed by atoms with Crippen molar-refractivity contribution in [2.45, 2.75) is 53.7 Å². The summed E-state index contributed by atoms with van der Waals surface area (Å²) in [7, 11) is 0. The molecule has 2 aliphatic rings. The van der Waals surface area contributed by atoms with Gasteiger partial charge >= 0.3 is 11.9 Å². The SMILES string of the molecule is CCSC1=C(C(=O)OCOC(=O)C(C)(C)C)N2C(=O)C(C(C)O)[C@H]2C1C. The average Bonchev–Trinajstić information content (AvgIpc) is 2.76. The highest BCUT2D eigenvalue weighted by molar-refractivity contribution is 8.03. The molecule has 0 saturated carbocycles. The molecule has 0 bridgehead atoms. The van der Waals surface area contributed by atoms with Crippen LogP contribution in [-0.2, 0) is 23.9 Å². The van der Waals surface area contributed by atoms with Crippen molar-refractivity contribution in [1.29, 1.82) is 0 Å². The largest absolute Gasteiger partial charge is 0.427 e. The van der Waals surface area contributed by atoms with Crippen LogP contribution in [0.15, 0.2) is 10.6 Å². The Morgan fingerprint density at radius 1 is 1.31 bits per heavy atom.